The van der Waals surface area contributed by atoms with Gasteiger partial charge in [0.1, 0.15) is 0 Å². The van der Waals surface area contributed by atoms with Gasteiger partial charge in [0.2, 0.25) is 5.91 Å². The van der Waals surface area contributed by atoms with Crippen molar-refractivity contribution in [2.45, 2.75) is 26.3 Å². The number of amides is 1. The van der Waals surface area contributed by atoms with Crippen molar-refractivity contribution in [3.05, 3.63) is 0 Å². The molecule has 1 fully saturated rings. The minimum absolute atomic E-state index is 0.241. The highest BCUT2D eigenvalue weighted by Gasteiger charge is 2.48. The first kappa shape index (κ1) is 8.53. The molecular weight excluding hydrogens is 140 g/mol. The van der Waals surface area contributed by atoms with Gasteiger partial charge in [-0.15, -0.1) is 0 Å². The average Bonchev–Trinajstić information content (AvgIpc) is 2.38. The van der Waals surface area contributed by atoms with Crippen molar-refractivity contribution < 1.29 is 4.79 Å². The van der Waals surface area contributed by atoms with Crippen LogP contribution in [0.25, 0.3) is 0 Å². The zero-order valence-electron chi connectivity index (χ0n) is 7.42. The molecule has 2 N–H and O–H groups in total. The maximum atomic E-state index is 10.5. The van der Waals surface area contributed by atoms with Crippen molar-refractivity contribution in [1.29, 1.82) is 0 Å². The Morgan fingerprint density at radius 2 is 2.18 bits per heavy atom. The SMILES string of the molecule is CN(CC(N)=O)C1CC1(C)C. The monoisotopic (exact) mass is 156 g/mol. The molecule has 3 nitrogen and oxygen atoms in total. The molecule has 1 aliphatic rings. The highest BCUT2D eigenvalue weighted by atomic mass is 16.1. The van der Waals surface area contributed by atoms with Crippen LogP contribution in [-0.2, 0) is 4.79 Å². The largest absolute Gasteiger partial charge is 0.369 e. The molecule has 0 spiro atoms. The number of likely N-dealkylation sites (N-methyl/N-ethyl adjacent to an activating group) is 1. The standard InChI is InChI=1S/C8H16N2O/c1-8(2)4-6(8)10(3)5-7(9)11/h6H,4-5H2,1-3H3,(H2,9,11). The first-order chi connectivity index (χ1) is 4.93. The van der Waals surface area contributed by atoms with Crippen LogP contribution in [0, 0.1) is 5.41 Å². The maximum Gasteiger partial charge on any atom is 0.231 e. The van der Waals surface area contributed by atoms with Gasteiger partial charge >= 0.3 is 0 Å². The summed E-state index contributed by atoms with van der Waals surface area (Å²) >= 11 is 0. The summed E-state index contributed by atoms with van der Waals surface area (Å²) in [5.74, 6) is -0.241. The Kier molecular flexibility index (Phi) is 1.92. The topological polar surface area (TPSA) is 46.3 Å². The highest BCUT2D eigenvalue weighted by Crippen LogP contribution is 2.47. The number of nitrogens with two attached hydrogens (primary N) is 1. The predicted molar refractivity (Wildman–Crippen MR) is 44.0 cm³/mol. The first-order valence-electron chi connectivity index (χ1n) is 3.92. The normalized spacial score (nSPS) is 27.1. The van der Waals surface area contributed by atoms with Crippen LogP contribution in [0.2, 0.25) is 0 Å². The van der Waals surface area contributed by atoms with Gasteiger partial charge in [0.05, 0.1) is 6.54 Å². The molecule has 0 aliphatic heterocycles. The van der Waals surface area contributed by atoms with E-state index >= 15 is 0 Å². The van der Waals surface area contributed by atoms with E-state index in [4.69, 9.17) is 5.73 Å². The minimum Gasteiger partial charge on any atom is -0.369 e. The molecule has 0 aromatic rings. The zero-order valence-corrected chi connectivity index (χ0v) is 7.42. The van der Waals surface area contributed by atoms with Crippen LogP contribution >= 0.6 is 0 Å². The van der Waals surface area contributed by atoms with Crippen molar-refractivity contribution >= 4 is 5.91 Å². The summed E-state index contributed by atoms with van der Waals surface area (Å²) in [5, 5.41) is 0. The van der Waals surface area contributed by atoms with Gasteiger partial charge in [-0.2, -0.15) is 0 Å². The molecule has 0 bridgehead atoms. The summed E-state index contributed by atoms with van der Waals surface area (Å²) < 4.78 is 0. The summed E-state index contributed by atoms with van der Waals surface area (Å²) in [7, 11) is 1.95. The second-order valence-electron chi connectivity index (χ2n) is 4.09. The molecule has 1 amide bonds. The number of rotatable bonds is 3. The molecule has 1 rings (SSSR count). The average molecular weight is 156 g/mol. The molecule has 3 heteroatoms. The van der Waals surface area contributed by atoms with Crippen molar-refractivity contribution in [3.8, 4) is 0 Å². The van der Waals surface area contributed by atoms with Gasteiger partial charge in [-0.25, -0.2) is 0 Å². The number of nitrogens with zero attached hydrogens (tertiary/aromatic N) is 1. The summed E-state index contributed by atoms with van der Waals surface area (Å²) in [5.41, 5.74) is 5.46. The lowest BCUT2D eigenvalue weighted by Gasteiger charge is -2.15. The van der Waals surface area contributed by atoms with Gasteiger partial charge in [-0.05, 0) is 18.9 Å². The molecule has 0 radical (unpaired) electrons. The summed E-state index contributed by atoms with van der Waals surface area (Å²) in [6, 6.07) is 0.551. The molecule has 1 unspecified atom stereocenters. The third-order valence-electron chi connectivity index (χ3n) is 2.40. The van der Waals surface area contributed by atoms with Gasteiger partial charge in [-0.3, -0.25) is 9.69 Å². The lowest BCUT2D eigenvalue weighted by atomic mass is 10.2. The molecule has 0 heterocycles. The van der Waals surface area contributed by atoms with Crippen LogP contribution in [0.4, 0.5) is 0 Å². The Bertz CT molecular complexity index is 177. The lowest BCUT2D eigenvalue weighted by molar-refractivity contribution is -0.119. The zero-order chi connectivity index (χ0) is 8.65. The van der Waals surface area contributed by atoms with E-state index in [0.29, 0.717) is 18.0 Å². The second-order valence-corrected chi connectivity index (χ2v) is 4.09. The third kappa shape index (κ3) is 1.93. The van der Waals surface area contributed by atoms with Gasteiger partial charge in [0, 0.05) is 6.04 Å². The van der Waals surface area contributed by atoms with Crippen LogP contribution in [0.1, 0.15) is 20.3 Å². The predicted octanol–water partition coefficient (Wildman–Crippen LogP) is 0.202. The molecule has 0 saturated heterocycles. The van der Waals surface area contributed by atoms with Gasteiger partial charge in [-0.1, -0.05) is 13.8 Å². The van der Waals surface area contributed by atoms with E-state index in [1.165, 1.54) is 6.42 Å². The number of hydrogen-bond acceptors (Lipinski definition) is 2. The van der Waals surface area contributed by atoms with Crippen molar-refractivity contribution in [2.75, 3.05) is 13.6 Å². The van der Waals surface area contributed by atoms with Crippen molar-refractivity contribution in [2.24, 2.45) is 11.1 Å². The Balaban J connectivity index is 2.34. The van der Waals surface area contributed by atoms with Crippen LogP contribution in [0.3, 0.4) is 0 Å². The molecule has 1 saturated carbocycles. The van der Waals surface area contributed by atoms with Gasteiger partial charge in [0.15, 0.2) is 0 Å². The Morgan fingerprint density at radius 1 is 1.73 bits per heavy atom. The van der Waals surface area contributed by atoms with Crippen LogP contribution < -0.4 is 5.73 Å². The van der Waals surface area contributed by atoms with E-state index in [2.05, 4.69) is 13.8 Å². The molecule has 1 atom stereocenters. The fourth-order valence-corrected chi connectivity index (χ4v) is 1.55. The Hall–Kier alpha value is -0.570. The molecule has 11 heavy (non-hydrogen) atoms. The Labute approximate surface area is 67.5 Å². The van der Waals surface area contributed by atoms with Crippen LogP contribution in [0.15, 0.2) is 0 Å². The van der Waals surface area contributed by atoms with Crippen LogP contribution in [0.5, 0.6) is 0 Å². The summed E-state index contributed by atoms with van der Waals surface area (Å²) in [4.78, 5) is 12.6. The van der Waals surface area contributed by atoms with Crippen molar-refractivity contribution in [1.82, 2.24) is 4.90 Å². The van der Waals surface area contributed by atoms with E-state index in [1.54, 1.807) is 0 Å². The molecule has 0 aromatic carbocycles. The molecular formula is C8H16N2O. The second kappa shape index (κ2) is 2.48. The van der Waals surface area contributed by atoms with Gasteiger partial charge in [0.25, 0.3) is 0 Å². The fraction of sp³-hybridized carbons (Fsp3) is 0.875. The number of hydrogen-bond donors (Lipinski definition) is 1. The number of primary amides is 1. The maximum absolute atomic E-state index is 10.5. The molecule has 64 valence electrons. The fourth-order valence-electron chi connectivity index (χ4n) is 1.55. The van der Waals surface area contributed by atoms with Crippen LogP contribution in [-0.4, -0.2) is 30.4 Å². The van der Waals surface area contributed by atoms with Gasteiger partial charge < -0.3 is 5.73 Å². The number of carbonyl (C=O) groups is 1. The molecule has 0 aromatic heterocycles. The molecule has 1 aliphatic carbocycles. The van der Waals surface area contributed by atoms with E-state index in [9.17, 15) is 4.79 Å². The quantitative estimate of drug-likeness (QED) is 0.634. The summed E-state index contributed by atoms with van der Waals surface area (Å²) in [6.45, 7) is 4.79. The van der Waals surface area contributed by atoms with Crippen molar-refractivity contribution in [3.63, 3.8) is 0 Å². The Morgan fingerprint density at radius 3 is 2.45 bits per heavy atom. The smallest absolute Gasteiger partial charge is 0.231 e. The summed E-state index contributed by atoms with van der Waals surface area (Å²) in [6.07, 6.45) is 1.18. The lowest BCUT2D eigenvalue weighted by Crippen LogP contribution is -2.33. The van der Waals surface area contributed by atoms with E-state index in [-0.39, 0.29) is 5.91 Å². The minimum atomic E-state index is -0.241. The first-order valence-corrected chi connectivity index (χ1v) is 3.92. The van der Waals surface area contributed by atoms with E-state index in [1.807, 2.05) is 11.9 Å². The third-order valence-corrected chi connectivity index (χ3v) is 2.40. The van der Waals surface area contributed by atoms with E-state index in [0.717, 1.165) is 0 Å². The highest BCUT2D eigenvalue weighted by molar-refractivity contribution is 5.76. The number of carbonyl (C=O) groups excluding carboxylic acids is 1. The van der Waals surface area contributed by atoms with E-state index < -0.39 is 0 Å².